The highest BCUT2D eigenvalue weighted by molar-refractivity contribution is 6.31. The first-order valence-corrected chi connectivity index (χ1v) is 9.12. The SMILES string of the molecule is O=C(COC(=O)c1ccc(CO)cc1)Nc1cc(Cl)ccc1Oc1ccccc1. The molecule has 0 aliphatic rings. The third kappa shape index (κ3) is 5.81. The highest BCUT2D eigenvalue weighted by atomic mass is 35.5. The summed E-state index contributed by atoms with van der Waals surface area (Å²) in [7, 11) is 0. The van der Waals surface area contributed by atoms with Gasteiger partial charge in [0, 0.05) is 5.02 Å². The molecule has 3 aromatic carbocycles. The molecule has 0 bridgehead atoms. The molecule has 0 saturated carbocycles. The molecular weight excluding hydrogens is 394 g/mol. The molecule has 0 unspecified atom stereocenters. The number of para-hydroxylation sites is 1. The molecular formula is C22H18ClNO5. The molecule has 0 aromatic heterocycles. The van der Waals surface area contributed by atoms with E-state index in [4.69, 9.17) is 26.2 Å². The van der Waals surface area contributed by atoms with Crippen LogP contribution in [0.3, 0.4) is 0 Å². The number of nitrogens with one attached hydrogen (secondary N) is 1. The zero-order chi connectivity index (χ0) is 20.6. The number of ether oxygens (including phenoxy) is 2. The van der Waals surface area contributed by atoms with Crippen molar-refractivity contribution < 1.29 is 24.2 Å². The monoisotopic (exact) mass is 411 g/mol. The lowest BCUT2D eigenvalue weighted by molar-refractivity contribution is -0.119. The number of hydrogen-bond acceptors (Lipinski definition) is 5. The average molecular weight is 412 g/mol. The number of halogens is 1. The van der Waals surface area contributed by atoms with Gasteiger partial charge in [-0.1, -0.05) is 41.9 Å². The Balaban J connectivity index is 1.62. The largest absolute Gasteiger partial charge is 0.455 e. The maximum absolute atomic E-state index is 12.2. The van der Waals surface area contributed by atoms with E-state index in [0.717, 1.165) is 0 Å². The predicted molar refractivity (Wildman–Crippen MR) is 109 cm³/mol. The van der Waals surface area contributed by atoms with Gasteiger partial charge in [-0.25, -0.2) is 4.79 Å². The van der Waals surface area contributed by atoms with E-state index in [-0.39, 0.29) is 12.2 Å². The summed E-state index contributed by atoms with van der Waals surface area (Å²) in [6, 6.07) is 20.2. The van der Waals surface area contributed by atoms with Crippen molar-refractivity contribution in [2.45, 2.75) is 6.61 Å². The van der Waals surface area contributed by atoms with E-state index < -0.39 is 18.5 Å². The van der Waals surface area contributed by atoms with Crippen molar-refractivity contribution in [1.82, 2.24) is 0 Å². The van der Waals surface area contributed by atoms with Crippen molar-refractivity contribution in [1.29, 1.82) is 0 Å². The van der Waals surface area contributed by atoms with Crippen molar-refractivity contribution in [3.63, 3.8) is 0 Å². The van der Waals surface area contributed by atoms with Gasteiger partial charge in [0.15, 0.2) is 12.4 Å². The third-order valence-electron chi connectivity index (χ3n) is 3.89. The summed E-state index contributed by atoms with van der Waals surface area (Å²) < 4.78 is 10.8. The summed E-state index contributed by atoms with van der Waals surface area (Å²) in [5, 5.41) is 12.1. The maximum Gasteiger partial charge on any atom is 0.338 e. The molecule has 3 rings (SSSR count). The summed E-state index contributed by atoms with van der Waals surface area (Å²) in [4.78, 5) is 24.3. The summed E-state index contributed by atoms with van der Waals surface area (Å²) >= 11 is 6.03. The lowest BCUT2D eigenvalue weighted by atomic mass is 10.1. The van der Waals surface area contributed by atoms with Crippen molar-refractivity contribution in [3.8, 4) is 11.5 Å². The number of benzene rings is 3. The summed E-state index contributed by atoms with van der Waals surface area (Å²) in [6.07, 6.45) is 0. The lowest BCUT2D eigenvalue weighted by Gasteiger charge is -2.13. The highest BCUT2D eigenvalue weighted by Crippen LogP contribution is 2.32. The van der Waals surface area contributed by atoms with E-state index >= 15 is 0 Å². The Bertz CT molecular complexity index is 990. The molecule has 7 heteroatoms. The smallest absolute Gasteiger partial charge is 0.338 e. The van der Waals surface area contributed by atoms with Crippen LogP contribution >= 0.6 is 11.6 Å². The molecule has 1 amide bonds. The van der Waals surface area contributed by atoms with Crippen LogP contribution in [0, 0.1) is 0 Å². The molecule has 148 valence electrons. The van der Waals surface area contributed by atoms with Gasteiger partial charge in [0.05, 0.1) is 17.9 Å². The van der Waals surface area contributed by atoms with Gasteiger partial charge >= 0.3 is 5.97 Å². The van der Waals surface area contributed by atoms with E-state index in [1.807, 2.05) is 18.2 Å². The molecule has 6 nitrogen and oxygen atoms in total. The number of esters is 1. The quantitative estimate of drug-likeness (QED) is 0.562. The number of aliphatic hydroxyl groups is 1. The normalized spacial score (nSPS) is 10.3. The van der Waals surface area contributed by atoms with Crippen LogP contribution in [0.15, 0.2) is 72.8 Å². The fourth-order valence-corrected chi connectivity index (χ4v) is 2.62. The first-order chi connectivity index (χ1) is 14.0. The molecule has 0 heterocycles. The number of aliphatic hydroxyl groups excluding tert-OH is 1. The number of anilines is 1. The standard InChI is InChI=1S/C22H18ClNO5/c23-17-10-11-20(29-18-4-2-1-3-5-18)19(12-17)24-21(26)14-28-22(27)16-8-6-15(13-25)7-9-16/h1-12,25H,13-14H2,(H,24,26). The van der Waals surface area contributed by atoms with Gasteiger partial charge in [-0.2, -0.15) is 0 Å². The van der Waals surface area contributed by atoms with Crippen LogP contribution in [0.1, 0.15) is 15.9 Å². The minimum Gasteiger partial charge on any atom is -0.455 e. The number of hydrogen-bond donors (Lipinski definition) is 2. The number of rotatable bonds is 7. The third-order valence-corrected chi connectivity index (χ3v) is 4.13. The second kappa shape index (κ2) is 9.73. The molecule has 3 aromatic rings. The Morgan fingerprint density at radius 3 is 2.38 bits per heavy atom. The van der Waals surface area contributed by atoms with E-state index in [2.05, 4.69) is 5.32 Å². The average Bonchev–Trinajstić information content (AvgIpc) is 2.75. The van der Waals surface area contributed by atoms with Crippen molar-refractivity contribution >= 4 is 29.2 Å². The molecule has 0 aliphatic carbocycles. The fraction of sp³-hybridized carbons (Fsp3) is 0.0909. The van der Waals surface area contributed by atoms with Crippen LogP contribution in [0.5, 0.6) is 11.5 Å². The lowest BCUT2D eigenvalue weighted by Crippen LogP contribution is -2.21. The zero-order valence-corrected chi connectivity index (χ0v) is 16.1. The van der Waals surface area contributed by atoms with Crippen LogP contribution in [0.25, 0.3) is 0 Å². The van der Waals surface area contributed by atoms with Crippen LogP contribution in [-0.4, -0.2) is 23.6 Å². The van der Waals surface area contributed by atoms with Gasteiger partial charge in [-0.15, -0.1) is 0 Å². The summed E-state index contributed by atoms with van der Waals surface area (Å²) in [6.45, 7) is -0.595. The van der Waals surface area contributed by atoms with E-state index in [1.165, 1.54) is 12.1 Å². The minimum atomic E-state index is -0.642. The molecule has 2 N–H and O–H groups in total. The first kappa shape index (κ1) is 20.4. The Morgan fingerprint density at radius 2 is 1.69 bits per heavy atom. The Kier molecular flexibility index (Phi) is 6.84. The predicted octanol–water partition coefficient (Wildman–Crippen LogP) is 4.42. The molecule has 0 fully saturated rings. The molecule has 0 aliphatic heterocycles. The van der Waals surface area contributed by atoms with Gasteiger partial charge in [-0.05, 0) is 48.0 Å². The second-order valence-electron chi connectivity index (χ2n) is 6.03. The highest BCUT2D eigenvalue weighted by Gasteiger charge is 2.13. The second-order valence-corrected chi connectivity index (χ2v) is 6.47. The number of carbonyl (C=O) groups excluding carboxylic acids is 2. The van der Waals surface area contributed by atoms with Gasteiger partial charge < -0.3 is 19.9 Å². The minimum absolute atomic E-state index is 0.120. The topological polar surface area (TPSA) is 84.9 Å². The Hall–Kier alpha value is -3.35. The van der Waals surface area contributed by atoms with Crippen LogP contribution in [-0.2, 0) is 16.1 Å². The molecule has 0 atom stereocenters. The number of carbonyl (C=O) groups is 2. The van der Waals surface area contributed by atoms with Crippen molar-refractivity contribution in [2.75, 3.05) is 11.9 Å². The Labute approximate surface area is 172 Å². The fourth-order valence-electron chi connectivity index (χ4n) is 2.45. The molecule has 0 spiro atoms. The number of amides is 1. The molecule has 29 heavy (non-hydrogen) atoms. The summed E-state index contributed by atoms with van der Waals surface area (Å²) in [5.41, 5.74) is 1.31. The Morgan fingerprint density at radius 1 is 0.966 bits per heavy atom. The van der Waals surface area contributed by atoms with Crippen LogP contribution in [0.4, 0.5) is 5.69 Å². The maximum atomic E-state index is 12.2. The van der Waals surface area contributed by atoms with Crippen molar-refractivity contribution in [3.05, 3.63) is 88.9 Å². The van der Waals surface area contributed by atoms with Crippen molar-refractivity contribution in [2.24, 2.45) is 0 Å². The van der Waals surface area contributed by atoms with E-state index in [9.17, 15) is 9.59 Å². The van der Waals surface area contributed by atoms with E-state index in [0.29, 0.717) is 27.8 Å². The molecule has 0 saturated heterocycles. The van der Waals surface area contributed by atoms with Gasteiger partial charge in [0.25, 0.3) is 5.91 Å². The van der Waals surface area contributed by atoms with Gasteiger partial charge in [0.2, 0.25) is 0 Å². The van der Waals surface area contributed by atoms with Gasteiger partial charge in [-0.3, -0.25) is 4.79 Å². The van der Waals surface area contributed by atoms with Crippen LogP contribution in [0.2, 0.25) is 5.02 Å². The van der Waals surface area contributed by atoms with Gasteiger partial charge in [0.1, 0.15) is 5.75 Å². The summed E-state index contributed by atoms with van der Waals surface area (Å²) in [5.74, 6) is -0.176. The van der Waals surface area contributed by atoms with E-state index in [1.54, 1.807) is 42.5 Å². The zero-order valence-electron chi connectivity index (χ0n) is 15.3. The van der Waals surface area contributed by atoms with Crippen LogP contribution < -0.4 is 10.1 Å². The molecule has 0 radical (unpaired) electrons. The first-order valence-electron chi connectivity index (χ1n) is 8.74.